The van der Waals surface area contributed by atoms with Gasteiger partial charge in [-0.05, 0) is 46.9 Å². The molecule has 10 heteroatoms. The summed E-state index contributed by atoms with van der Waals surface area (Å²) in [6.45, 7) is -0.475. The van der Waals surface area contributed by atoms with Gasteiger partial charge in [0.2, 0.25) is 0 Å². The van der Waals surface area contributed by atoms with Crippen LogP contribution in [0.3, 0.4) is 0 Å². The molecule has 2 aromatic carbocycles. The van der Waals surface area contributed by atoms with E-state index in [1.807, 2.05) is 22.6 Å². The average Bonchev–Trinajstić information content (AvgIpc) is 3.00. The van der Waals surface area contributed by atoms with Gasteiger partial charge in [-0.2, -0.15) is 0 Å². The zero-order valence-corrected chi connectivity index (χ0v) is 16.4. The fourth-order valence-corrected chi connectivity index (χ4v) is 2.98. The number of anilines is 2. The van der Waals surface area contributed by atoms with E-state index in [1.165, 1.54) is 18.2 Å². The molecule has 0 aliphatic rings. The lowest BCUT2D eigenvalue weighted by Crippen LogP contribution is -2.26. The number of aliphatic hydroxyl groups excluding tert-OH is 1. The zero-order valence-electron chi connectivity index (χ0n) is 13.5. The highest BCUT2D eigenvalue weighted by molar-refractivity contribution is 14.1. The first-order valence-electron chi connectivity index (χ1n) is 7.56. The van der Waals surface area contributed by atoms with E-state index in [0.29, 0.717) is 3.57 Å². The number of benzene rings is 2. The molecule has 0 bridgehead atoms. The standard InChI is InChI=1S/C17H12ClF2IN2O4/c18-11-7-26-16-9(11)6-10(17(25)23-27-4-3-24)15(14(16)20)22-13-2-1-8(21)5-12(13)19/h1-2,5-7,22,24H,3-4H2,(H,23,25). The summed E-state index contributed by atoms with van der Waals surface area (Å²) < 4.78 is 34.9. The van der Waals surface area contributed by atoms with Crippen LogP contribution >= 0.6 is 34.2 Å². The zero-order chi connectivity index (χ0) is 19.6. The number of rotatable bonds is 6. The van der Waals surface area contributed by atoms with Crippen LogP contribution in [-0.2, 0) is 4.84 Å². The molecule has 0 saturated heterocycles. The van der Waals surface area contributed by atoms with Crippen LogP contribution in [0.2, 0.25) is 5.02 Å². The molecule has 1 aromatic heterocycles. The number of fused-ring (bicyclic) bond motifs is 1. The molecule has 0 saturated carbocycles. The summed E-state index contributed by atoms with van der Waals surface area (Å²) in [5, 5.41) is 11.6. The van der Waals surface area contributed by atoms with Gasteiger partial charge in [-0.1, -0.05) is 11.6 Å². The third kappa shape index (κ3) is 4.15. The van der Waals surface area contributed by atoms with E-state index in [2.05, 4.69) is 10.8 Å². The SMILES string of the molecule is O=C(NOCCO)c1cc2c(Cl)coc2c(F)c1Nc1ccc(I)cc1F. The van der Waals surface area contributed by atoms with Crippen molar-refractivity contribution in [1.29, 1.82) is 0 Å². The molecule has 3 N–H and O–H groups in total. The van der Waals surface area contributed by atoms with E-state index in [0.717, 1.165) is 6.26 Å². The maximum Gasteiger partial charge on any atom is 0.277 e. The molecule has 0 radical (unpaired) electrons. The number of hydrogen-bond donors (Lipinski definition) is 3. The minimum absolute atomic E-state index is 0.0309. The van der Waals surface area contributed by atoms with Crippen LogP contribution in [0.25, 0.3) is 11.0 Å². The molecule has 142 valence electrons. The van der Waals surface area contributed by atoms with Crippen molar-refractivity contribution in [3.63, 3.8) is 0 Å². The molecule has 1 amide bonds. The summed E-state index contributed by atoms with van der Waals surface area (Å²) in [5.41, 5.74) is 1.38. The van der Waals surface area contributed by atoms with Crippen LogP contribution < -0.4 is 10.8 Å². The topological polar surface area (TPSA) is 83.7 Å². The molecule has 0 spiro atoms. The highest BCUT2D eigenvalue weighted by atomic mass is 127. The second-order valence-electron chi connectivity index (χ2n) is 5.33. The second-order valence-corrected chi connectivity index (χ2v) is 6.98. The smallest absolute Gasteiger partial charge is 0.277 e. The summed E-state index contributed by atoms with van der Waals surface area (Å²) in [4.78, 5) is 17.2. The summed E-state index contributed by atoms with van der Waals surface area (Å²) in [7, 11) is 0. The molecule has 1 heterocycles. The maximum atomic E-state index is 15.0. The van der Waals surface area contributed by atoms with Crippen LogP contribution in [0.15, 0.2) is 34.9 Å². The van der Waals surface area contributed by atoms with E-state index in [9.17, 15) is 13.6 Å². The lowest BCUT2D eigenvalue weighted by atomic mass is 10.1. The average molecular weight is 509 g/mol. The molecule has 0 aliphatic carbocycles. The molecular weight excluding hydrogens is 497 g/mol. The molecule has 0 fully saturated rings. The number of aliphatic hydroxyl groups is 1. The second kappa shape index (κ2) is 8.38. The Morgan fingerprint density at radius 1 is 1.33 bits per heavy atom. The summed E-state index contributed by atoms with van der Waals surface area (Å²) in [6.07, 6.45) is 1.13. The lowest BCUT2D eigenvalue weighted by Gasteiger charge is -2.14. The number of halogens is 4. The summed E-state index contributed by atoms with van der Waals surface area (Å²) in [6, 6.07) is 5.60. The molecule has 3 aromatic rings. The van der Waals surface area contributed by atoms with Crippen LogP contribution in [0.4, 0.5) is 20.2 Å². The van der Waals surface area contributed by atoms with Crippen molar-refractivity contribution < 1.29 is 27.9 Å². The van der Waals surface area contributed by atoms with Gasteiger partial charge in [0, 0.05) is 8.96 Å². The van der Waals surface area contributed by atoms with Crippen LogP contribution in [0, 0.1) is 15.2 Å². The van der Waals surface area contributed by atoms with E-state index < -0.39 is 17.5 Å². The third-order valence-electron chi connectivity index (χ3n) is 3.55. The Morgan fingerprint density at radius 3 is 2.81 bits per heavy atom. The first-order valence-corrected chi connectivity index (χ1v) is 9.02. The Bertz CT molecular complexity index is 1010. The van der Waals surface area contributed by atoms with Gasteiger partial charge in [0.25, 0.3) is 5.91 Å². The highest BCUT2D eigenvalue weighted by Crippen LogP contribution is 2.36. The van der Waals surface area contributed by atoms with Gasteiger partial charge < -0.3 is 14.8 Å². The number of hydroxylamine groups is 1. The molecule has 27 heavy (non-hydrogen) atoms. The Balaban J connectivity index is 2.09. The van der Waals surface area contributed by atoms with Crippen molar-refractivity contribution >= 4 is 62.4 Å². The number of amides is 1. The van der Waals surface area contributed by atoms with Crippen molar-refractivity contribution in [3.05, 3.63) is 56.3 Å². The Morgan fingerprint density at radius 2 is 2.11 bits per heavy atom. The van der Waals surface area contributed by atoms with Crippen molar-refractivity contribution in [3.8, 4) is 0 Å². The van der Waals surface area contributed by atoms with Crippen LogP contribution in [0.5, 0.6) is 0 Å². The van der Waals surface area contributed by atoms with Gasteiger partial charge in [-0.15, -0.1) is 0 Å². The van der Waals surface area contributed by atoms with E-state index in [1.54, 1.807) is 6.07 Å². The number of nitrogens with one attached hydrogen (secondary N) is 2. The minimum atomic E-state index is -0.912. The van der Waals surface area contributed by atoms with Gasteiger partial charge in [-0.3, -0.25) is 9.63 Å². The molecule has 0 atom stereocenters. The number of carbonyl (C=O) groups excluding carboxylic acids is 1. The van der Waals surface area contributed by atoms with Crippen molar-refractivity contribution in [2.75, 3.05) is 18.5 Å². The number of hydrogen-bond acceptors (Lipinski definition) is 5. The molecule has 0 aliphatic heterocycles. The molecule has 3 rings (SSSR count). The van der Waals surface area contributed by atoms with Crippen LogP contribution in [0.1, 0.15) is 10.4 Å². The predicted octanol–water partition coefficient (Wildman–Crippen LogP) is 4.37. The van der Waals surface area contributed by atoms with Gasteiger partial charge in [0.05, 0.1) is 35.2 Å². The van der Waals surface area contributed by atoms with Crippen molar-refractivity contribution in [2.45, 2.75) is 0 Å². The van der Waals surface area contributed by atoms with E-state index in [4.69, 9.17) is 26.0 Å². The first kappa shape index (κ1) is 19.8. The van der Waals surface area contributed by atoms with Gasteiger partial charge in [0.15, 0.2) is 11.4 Å². The van der Waals surface area contributed by atoms with Gasteiger partial charge in [0.1, 0.15) is 12.1 Å². The molecule has 6 nitrogen and oxygen atoms in total. The first-order chi connectivity index (χ1) is 12.9. The maximum absolute atomic E-state index is 15.0. The van der Waals surface area contributed by atoms with E-state index in [-0.39, 0.29) is 46.1 Å². The predicted molar refractivity (Wildman–Crippen MR) is 104 cm³/mol. The van der Waals surface area contributed by atoms with E-state index >= 15 is 0 Å². The molecule has 0 unspecified atom stereocenters. The van der Waals surface area contributed by atoms with Gasteiger partial charge in [-0.25, -0.2) is 14.3 Å². The molecular formula is C17H12ClF2IN2O4. The Kier molecular flexibility index (Phi) is 6.15. The van der Waals surface area contributed by atoms with Gasteiger partial charge >= 0.3 is 0 Å². The minimum Gasteiger partial charge on any atom is -0.460 e. The van der Waals surface area contributed by atoms with Crippen molar-refractivity contribution in [2.24, 2.45) is 0 Å². The number of carbonyl (C=O) groups is 1. The third-order valence-corrected chi connectivity index (χ3v) is 4.52. The number of furan rings is 1. The van der Waals surface area contributed by atoms with Crippen molar-refractivity contribution in [1.82, 2.24) is 5.48 Å². The lowest BCUT2D eigenvalue weighted by molar-refractivity contribution is 0.0169. The highest BCUT2D eigenvalue weighted by Gasteiger charge is 2.23. The Labute approximate surface area is 170 Å². The largest absolute Gasteiger partial charge is 0.460 e. The normalized spacial score (nSPS) is 11.0. The Hall–Kier alpha value is -1.95. The fraction of sp³-hybridized carbons (Fsp3) is 0.118. The summed E-state index contributed by atoms with van der Waals surface area (Å²) >= 11 is 7.90. The quantitative estimate of drug-likeness (QED) is 0.262. The monoisotopic (exact) mass is 508 g/mol. The fourth-order valence-electron chi connectivity index (χ4n) is 2.34. The van der Waals surface area contributed by atoms with Crippen LogP contribution in [-0.4, -0.2) is 24.2 Å². The summed E-state index contributed by atoms with van der Waals surface area (Å²) in [5.74, 6) is -2.35.